The maximum atomic E-state index is 11.5. The third-order valence-corrected chi connectivity index (χ3v) is 3.33. The van der Waals surface area contributed by atoms with Gasteiger partial charge in [0.15, 0.2) is 0 Å². The van der Waals surface area contributed by atoms with Crippen LogP contribution in [0.15, 0.2) is 18.2 Å². The van der Waals surface area contributed by atoms with Crippen LogP contribution in [0.1, 0.15) is 40.2 Å². The summed E-state index contributed by atoms with van der Waals surface area (Å²) in [6.45, 7) is 4.00. The van der Waals surface area contributed by atoms with E-state index in [0.29, 0.717) is 5.92 Å². The second kappa shape index (κ2) is 4.66. The molecule has 3 heteroatoms. The number of carbonyl (C=O) groups is 1. The second-order valence-corrected chi connectivity index (χ2v) is 4.43. The van der Waals surface area contributed by atoms with Gasteiger partial charge in [-0.3, -0.25) is 4.79 Å². The predicted molar refractivity (Wildman–Crippen MR) is 64.5 cm³/mol. The van der Waals surface area contributed by atoms with E-state index in [1.165, 1.54) is 0 Å². The average Bonchev–Trinajstić information content (AvgIpc) is 2.29. The zero-order valence-electron chi connectivity index (χ0n) is 9.62. The van der Waals surface area contributed by atoms with Crippen LogP contribution in [0.5, 0.6) is 0 Å². The molecule has 1 amide bonds. The van der Waals surface area contributed by atoms with E-state index in [2.05, 4.69) is 5.32 Å². The highest BCUT2D eigenvalue weighted by Gasteiger charge is 2.21. The van der Waals surface area contributed by atoms with E-state index in [1.807, 2.05) is 25.1 Å². The van der Waals surface area contributed by atoms with Crippen LogP contribution in [-0.4, -0.2) is 19.0 Å². The SMILES string of the molecule is Cc1cccc(C2CCNCC2)c1C(N)=O. The standard InChI is InChI=1S/C13H18N2O/c1-9-3-2-4-11(12(9)13(14)16)10-5-7-15-8-6-10/h2-4,10,15H,5-8H2,1H3,(H2,14,16). The lowest BCUT2D eigenvalue weighted by molar-refractivity contribution is 0.0998. The second-order valence-electron chi connectivity index (χ2n) is 4.43. The molecule has 0 aliphatic carbocycles. The average molecular weight is 218 g/mol. The number of hydrogen-bond donors (Lipinski definition) is 2. The summed E-state index contributed by atoms with van der Waals surface area (Å²) in [5, 5.41) is 3.33. The van der Waals surface area contributed by atoms with Gasteiger partial charge >= 0.3 is 0 Å². The van der Waals surface area contributed by atoms with Gasteiger partial charge in [0.25, 0.3) is 0 Å². The van der Waals surface area contributed by atoms with Crippen LogP contribution in [0.25, 0.3) is 0 Å². The molecule has 16 heavy (non-hydrogen) atoms. The quantitative estimate of drug-likeness (QED) is 0.791. The molecule has 1 aliphatic heterocycles. The summed E-state index contributed by atoms with van der Waals surface area (Å²) >= 11 is 0. The van der Waals surface area contributed by atoms with Crippen molar-refractivity contribution in [1.29, 1.82) is 0 Å². The number of aryl methyl sites for hydroxylation is 1. The maximum Gasteiger partial charge on any atom is 0.249 e. The lowest BCUT2D eigenvalue weighted by atomic mass is 9.85. The van der Waals surface area contributed by atoms with Gasteiger partial charge in [-0.15, -0.1) is 0 Å². The Kier molecular flexibility index (Phi) is 3.25. The van der Waals surface area contributed by atoms with Crippen LogP contribution in [-0.2, 0) is 0 Å². The van der Waals surface area contributed by atoms with Crippen molar-refractivity contribution in [3.8, 4) is 0 Å². The zero-order chi connectivity index (χ0) is 11.5. The van der Waals surface area contributed by atoms with Crippen molar-refractivity contribution in [2.45, 2.75) is 25.7 Å². The van der Waals surface area contributed by atoms with Gasteiger partial charge < -0.3 is 11.1 Å². The summed E-state index contributed by atoms with van der Waals surface area (Å²) in [6.07, 6.45) is 2.17. The first-order chi connectivity index (χ1) is 7.70. The van der Waals surface area contributed by atoms with Crippen molar-refractivity contribution >= 4 is 5.91 Å². The Morgan fingerprint density at radius 1 is 1.38 bits per heavy atom. The Morgan fingerprint density at radius 2 is 2.06 bits per heavy atom. The molecule has 1 aromatic rings. The minimum absolute atomic E-state index is 0.299. The molecule has 86 valence electrons. The fraction of sp³-hybridized carbons (Fsp3) is 0.462. The number of carbonyl (C=O) groups excluding carboxylic acids is 1. The highest BCUT2D eigenvalue weighted by Crippen LogP contribution is 2.29. The minimum Gasteiger partial charge on any atom is -0.366 e. The Morgan fingerprint density at radius 3 is 2.69 bits per heavy atom. The van der Waals surface area contributed by atoms with Gasteiger partial charge in [0.1, 0.15) is 0 Å². The first kappa shape index (κ1) is 11.1. The lowest BCUT2D eigenvalue weighted by Crippen LogP contribution is -2.28. The monoisotopic (exact) mass is 218 g/mol. The summed E-state index contributed by atoms with van der Waals surface area (Å²) in [6, 6.07) is 6.01. The number of amides is 1. The largest absolute Gasteiger partial charge is 0.366 e. The number of hydrogen-bond acceptors (Lipinski definition) is 2. The van der Waals surface area contributed by atoms with Gasteiger partial charge in [-0.1, -0.05) is 18.2 Å². The highest BCUT2D eigenvalue weighted by atomic mass is 16.1. The Labute approximate surface area is 96.0 Å². The molecule has 1 aromatic carbocycles. The third-order valence-electron chi connectivity index (χ3n) is 3.33. The van der Waals surface area contributed by atoms with Gasteiger partial charge in [-0.2, -0.15) is 0 Å². The summed E-state index contributed by atoms with van der Waals surface area (Å²) in [7, 11) is 0. The normalized spacial score (nSPS) is 17.3. The summed E-state index contributed by atoms with van der Waals surface area (Å²) in [4.78, 5) is 11.5. The fourth-order valence-corrected chi connectivity index (χ4v) is 2.50. The predicted octanol–water partition coefficient (Wildman–Crippen LogP) is 1.56. The van der Waals surface area contributed by atoms with Crippen LogP contribution in [0.3, 0.4) is 0 Å². The van der Waals surface area contributed by atoms with Crippen LogP contribution in [0.4, 0.5) is 0 Å². The zero-order valence-corrected chi connectivity index (χ0v) is 9.62. The number of piperidine rings is 1. The van der Waals surface area contributed by atoms with E-state index in [9.17, 15) is 4.79 Å². The molecular weight excluding hydrogens is 200 g/mol. The van der Waals surface area contributed by atoms with Crippen LogP contribution in [0, 0.1) is 6.92 Å². The Hall–Kier alpha value is -1.35. The van der Waals surface area contributed by atoms with Gasteiger partial charge in [-0.05, 0) is 49.9 Å². The molecule has 0 spiro atoms. The smallest absolute Gasteiger partial charge is 0.249 e. The molecule has 0 aromatic heterocycles. The van der Waals surface area contributed by atoms with Gasteiger partial charge in [0.2, 0.25) is 5.91 Å². The van der Waals surface area contributed by atoms with Crippen LogP contribution >= 0.6 is 0 Å². The molecule has 0 radical (unpaired) electrons. The molecule has 1 saturated heterocycles. The summed E-state index contributed by atoms with van der Waals surface area (Å²) in [5.74, 6) is 0.176. The van der Waals surface area contributed by atoms with Crippen molar-refractivity contribution < 1.29 is 4.79 Å². The van der Waals surface area contributed by atoms with E-state index in [4.69, 9.17) is 5.73 Å². The van der Waals surface area contributed by atoms with Gasteiger partial charge in [0.05, 0.1) is 0 Å². The molecule has 1 fully saturated rings. The molecule has 0 unspecified atom stereocenters. The number of primary amides is 1. The van der Waals surface area contributed by atoms with Gasteiger partial charge in [0, 0.05) is 5.56 Å². The van der Waals surface area contributed by atoms with E-state index >= 15 is 0 Å². The molecule has 0 saturated carbocycles. The molecule has 1 heterocycles. The van der Waals surface area contributed by atoms with E-state index in [1.54, 1.807) is 0 Å². The van der Waals surface area contributed by atoms with Crippen molar-refractivity contribution in [1.82, 2.24) is 5.32 Å². The van der Waals surface area contributed by atoms with E-state index < -0.39 is 0 Å². The molecule has 1 aliphatic rings. The number of nitrogens with two attached hydrogens (primary N) is 1. The molecule has 3 nitrogen and oxygen atoms in total. The number of nitrogens with one attached hydrogen (secondary N) is 1. The molecule has 0 bridgehead atoms. The maximum absolute atomic E-state index is 11.5. The van der Waals surface area contributed by atoms with E-state index in [0.717, 1.165) is 42.6 Å². The van der Waals surface area contributed by atoms with Crippen molar-refractivity contribution in [2.24, 2.45) is 5.73 Å². The topological polar surface area (TPSA) is 55.1 Å². The summed E-state index contributed by atoms with van der Waals surface area (Å²) < 4.78 is 0. The molecule has 3 N–H and O–H groups in total. The molecular formula is C13H18N2O. The van der Waals surface area contributed by atoms with Crippen molar-refractivity contribution in [3.05, 3.63) is 34.9 Å². The van der Waals surface area contributed by atoms with Crippen LogP contribution in [0.2, 0.25) is 0 Å². The van der Waals surface area contributed by atoms with Gasteiger partial charge in [-0.25, -0.2) is 0 Å². The first-order valence-electron chi connectivity index (χ1n) is 5.80. The molecule has 0 atom stereocenters. The minimum atomic E-state index is -0.299. The third kappa shape index (κ3) is 2.09. The highest BCUT2D eigenvalue weighted by molar-refractivity contribution is 5.96. The van der Waals surface area contributed by atoms with Crippen molar-refractivity contribution in [3.63, 3.8) is 0 Å². The first-order valence-corrected chi connectivity index (χ1v) is 5.80. The Bertz CT molecular complexity index is 395. The summed E-state index contributed by atoms with van der Waals surface area (Å²) in [5.41, 5.74) is 8.32. The Balaban J connectivity index is 2.38. The lowest BCUT2D eigenvalue weighted by Gasteiger charge is -2.25. The van der Waals surface area contributed by atoms with Crippen molar-refractivity contribution in [2.75, 3.05) is 13.1 Å². The molecule has 2 rings (SSSR count). The number of rotatable bonds is 2. The van der Waals surface area contributed by atoms with E-state index in [-0.39, 0.29) is 5.91 Å². The number of benzene rings is 1. The van der Waals surface area contributed by atoms with Crippen LogP contribution < -0.4 is 11.1 Å². The fourth-order valence-electron chi connectivity index (χ4n) is 2.50.